The molecule has 0 aliphatic carbocycles. The molecule has 1 N–H and O–H groups in total. The molecule has 3 aliphatic rings. The van der Waals surface area contributed by atoms with Crippen molar-refractivity contribution in [2.75, 3.05) is 34.8 Å². The van der Waals surface area contributed by atoms with Crippen molar-refractivity contribution in [3.8, 4) is 0 Å². The third-order valence-electron chi connectivity index (χ3n) is 6.37. The number of Topliss-reactive ketones (excluding diaryl/α,β-unsaturated/α-hetero) is 1. The molecule has 5 heterocycles. The molecule has 0 aromatic carbocycles. The van der Waals surface area contributed by atoms with Crippen molar-refractivity contribution < 1.29 is 22.8 Å². The van der Waals surface area contributed by atoms with Crippen LogP contribution in [0.4, 0.5) is 35.3 Å². The summed E-state index contributed by atoms with van der Waals surface area (Å²) in [7, 11) is 0. The zero-order valence-electron chi connectivity index (χ0n) is 18.8. The van der Waals surface area contributed by atoms with Crippen molar-refractivity contribution in [2.45, 2.75) is 32.0 Å². The van der Waals surface area contributed by atoms with E-state index in [1.807, 2.05) is 0 Å². The highest BCUT2D eigenvalue weighted by Crippen LogP contribution is 2.39. The lowest BCUT2D eigenvalue weighted by atomic mass is 10.0. The minimum atomic E-state index is -4.47. The minimum absolute atomic E-state index is 0.0977. The number of fused-ring (bicyclic) bond motifs is 4. The highest BCUT2D eigenvalue weighted by Gasteiger charge is 2.41. The first-order valence-electron chi connectivity index (χ1n) is 11.2. The van der Waals surface area contributed by atoms with Gasteiger partial charge in [-0.25, -0.2) is 19.8 Å². The molecule has 12 heteroatoms. The fourth-order valence-corrected chi connectivity index (χ4v) is 4.42. The third-order valence-corrected chi connectivity index (χ3v) is 6.37. The summed E-state index contributed by atoms with van der Waals surface area (Å²) in [6.45, 7) is 2.71. The summed E-state index contributed by atoms with van der Waals surface area (Å²) in [5.41, 5.74) is 2.10. The smallest absolute Gasteiger partial charge is 0.366 e. The van der Waals surface area contributed by atoms with E-state index >= 15 is 0 Å². The number of hydrogen-bond donors (Lipinski definition) is 1. The summed E-state index contributed by atoms with van der Waals surface area (Å²) in [5.74, 6) is -1.94. The van der Waals surface area contributed by atoms with Crippen molar-refractivity contribution in [3.63, 3.8) is 0 Å². The fraction of sp³-hybridized carbons (Fsp3) is 0.391. The molecule has 35 heavy (non-hydrogen) atoms. The first kappa shape index (κ1) is 22.9. The van der Waals surface area contributed by atoms with Crippen molar-refractivity contribution in [1.29, 1.82) is 0 Å². The molecule has 182 valence electrons. The monoisotopic (exact) mass is 485 g/mol. The molecule has 9 nitrogen and oxygen atoms in total. The molecule has 2 bridgehead atoms. The van der Waals surface area contributed by atoms with Gasteiger partial charge in [-0.3, -0.25) is 20.0 Å². The Balaban J connectivity index is 1.41. The quantitative estimate of drug-likeness (QED) is 0.651. The van der Waals surface area contributed by atoms with Crippen LogP contribution in [0.5, 0.6) is 0 Å². The van der Waals surface area contributed by atoms with Crippen LogP contribution in [0.1, 0.15) is 35.8 Å². The molecule has 0 unspecified atom stereocenters. The van der Waals surface area contributed by atoms with Crippen molar-refractivity contribution in [3.05, 3.63) is 41.7 Å². The zero-order chi connectivity index (χ0) is 24.7. The minimum Gasteiger partial charge on any atom is -0.366 e. The Morgan fingerprint density at radius 1 is 1.26 bits per heavy atom. The number of rotatable bonds is 5. The van der Waals surface area contributed by atoms with Gasteiger partial charge in [-0.15, -0.1) is 0 Å². The maximum atomic E-state index is 13.4. The first-order valence-corrected chi connectivity index (χ1v) is 11.2. The second kappa shape index (κ2) is 8.75. The molecule has 1 fully saturated rings. The average Bonchev–Trinajstić information content (AvgIpc) is 3.50. The number of pyridine rings is 2. The van der Waals surface area contributed by atoms with Crippen molar-refractivity contribution >= 4 is 41.2 Å². The zero-order valence-corrected chi connectivity index (χ0v) is 18.8. The molecule has 2 amide bonds. The van der Waals surface area contributed by atoms with E-state index in [4.69, 9.17) is 0 Å². The van der Waals surface area contributed by atoms with Crippen LogP contribution < -0.4 is 15.1 Å². The van der Waals surface area contributed by atoms with E-state index < -0.39 is 30.3 Å². The molecule has 0 saturated carbocycles. The summed E-state index contributed by atoms with van der Waals surface area (Å²) in [5, 5.41) is 2.79. The Kier molecular flexibility index (Phi) is 5.73. The standard InChI is InChI=1S/C23H22F3N7O2/c1-13(23(24,25)26)8-19(34)16-2-3-18-21(30-16)33(15-5-7-32(18)11-15)22(35)31-20-9-14(4-6-28-20)17-10-27-12-29-17/h2-4,6,9,12-13,15H,5,7-8,10-11H2,1H3,(H,28,31,35)/t13-,15-/m0/s1. The molecule has 5 rings (SSSR count). The number of alkyl halides is 3. The highest BCUT2D eigenvalue weighted by molar-refractivity contribution is 6.09. The highest BCUT2D eigenvalue weighted by atomic mass is 19.4. The number of urea groups is 1. The van der Waals surface area contributed by atoms with Crippen molar-refractivity contribution in [1.82, 2.24) is 9.97 Å². The van der Waals surface area contributed by atoms with Gasteiger partial charge in [0.2, 0.25) is 0 Å². The van der Waals surface area contributed by atoms with Crippen LogP contribution in [0.25, 0.3) is 0 Å². The summed E-state index contributed by atoms with van der Waals surface area (Å²) >= 11 is 0. The van der Waals surface area contributed by atoms with Gasteiger partial charge in [0.15, 0.2) is 11.6 Å². The Hall–Kier alpha value is -3.83. The van der Waals surface area contributed by atoms with E-state index in [0.29, 0.717) is 37.6 Å². The van der Waals surface area contributed by atoms with Crippen LogP contribution in [0, 0.1) is 5.92 Å². The number of aromatic nitrogens is 2. The number of nitrogens with zero attached hydrogens (tertiary/aromatic N) is 6. The van der Waals surface area contributed by atoms with E-state index in [-0.39, 0.29) is 17.6 Å². The normalized spacial score (nSPS) is 19.4. The number of nitrogens with one attached hydrogen (secondary N) is 1. The molecule has 2 aromatic rings. The van der Waals surface area contributed by atoms with E-state index in [0.717, 1.165) is 18.2 Å². The molecule has 2 atom stereocenters. The Morgan fingerprint density at radius 2 is 2.09 bits per heavy atom. The third kappa shape index (κ3) is 4.47. The topological polar surface area (TPSA) is 103 Å². The van der Waals surface area contributed by atoms with Gasteiger partial charge < -0.3 is 4.90 Å². The molecule has 3 aliphatic heterocycles. The van der Waals surface area contributed by atoms with Gasteiger partial charge in [0.1, 0.15) is 17.9 Å². The maximum Gasteiger partial charge on any atom is 0.391 e. The number of aliphatic imine (C=N–C) groups is 2. The SMILES string of the molecule is C[C@@H](CC(=O)c1ccc2c(n1)N(C(=O)Nc1cc(C3=NC=NC3)ccn1)[C@H]1CCN2C1)C(F)(F)F. The van der Waals surface area contributed by atoms with E-state index in [1.165, 1.54) is 17.3 Å². The van der Waals surface area contributed by atoms with Crippen molar-refractivity contribution in [2.24, 2.45) is 15.9 Å². The summed E-state index contributed by atoms with van der Waals surface area (Å²) in [4.78, 5) is 46.3. The molecule has 1 saturated heterocycles. The molecule has 0 spiro atoms. The number of hydrogen-bond acceptors (Lipinski definition) is 7. The van der Waals surface area contributed by atoms with Gasteiger partial charge in [-0.05, 0) is 30.7 Å². The average molecular weight is 485 g/mol. The van der Waals surface area contributed by atoms with Gasteiger partial charge in [0.05, 0.1) is 29.9 Å². The lowest BCUT2D eigenvalue weighted by molar-refractivity contribution is -0.168. The van der Waals surface area contributed by atoms with Gasteiger partial charge in [0, 0.05) is 31.3 Å². The summed E-state index contributed by atoms with van der Waals surface area (Å²) < 4.78 is 38.9. The Morgan fingerprint density at radius 3 is 2.83 bits per heavy atom. The second-order valence-corrected chi connectivity index (χ2v) is 8.76. The summed E-state index contributed by atoms with van der Waals surface area (Å²) in [6.07, 6.45) is -1.45. The number of carbonyl (C=O) groups is 2. The van der Waals surface area contributed by atoms with Gasteiger partial charge in [-0.2, -0.15) is 13.2 Å². The van der Waals surface area contributed by atoms with Crippen LogP contribution in [0.2, 0.25) is 0 Å². The van der Waals surface area contributed by atoms with E-state index in [9.17, 15) is 22.8 Å². The number of carbonyl (C=O) groups excluding carboxylic acids is 2. The van der Waals surface area contributed by atoms with Gasteiger partial charge in [0.25, 0.3) is 0 Å². The fourth-order valence-electron chi connectivity index (χ4n) is 4.42. The van der Waals surface area contributed by atoms with Crippen LogP contribution >= 0.6 is 0 Å². The number of anilines is 3. The largest absolute Gasteiger partial charge is 0.391 e. The molecular formula is C23H22F3N7O2. The lowest BCUT2D eigenvalue weighted by Gasteiger charge is -2.35. The number of amides is 2. The van der Waals surface area contributed by atoms with Crippen LogP contribution in [-0.2, 0) is 0 Å². The molecule has 0 radical (unpaired) electrons. The lowest BCUT2D eigenvalue weighted by Crippen LogP contribution is -2.48. The summed E-state index contributed by atoms with van der Waals surface area (Å²) in [6, 6.07) is 5.87. The maximum absolute atomic E-state index is 13.4. The number of halogens is 3. The Labute approximate surface area is 198 Å². The number of ketones is 1. The van der Waals surface area contributed by atoms with Crippen LogP contribution in [0.15, 0.2) is 40.4 Å². The molecular weight excluding hydrogens is 463 g/mol. The van der Waals surface area contributed by atoms with Gasteiger partial charge >= 0.3 is 12.2 Å². The van der Waals surface area contributed by atoms with E-state index in [1.54, 1.807) is 24.4 Å². The van der Waals surface area contributed by atoms with Crippen LogP contribution in [0.3, 0.4) is 0 Å². The predicted molar refractivity (Wildman–Crippen MR) is 125 cm³/mol. The van der Waals surface area contributed by atoms with Crippen LogP contribution in [-0.4, -0.2) is 65.7 Å². The Bertz CT molecular complexity index is 1240. The van der Waals surface area contributed by atoms with E-state index in [2.05, 4.69) is 30.2 Å². The van der Waals surface area contributed by atoms with Gasteiger partial charge in [-0.1, -0.05) is 6.92 Å². The first-order chi connectivity index (χ1) is 16.7. The predicted octanol–water partition coefficient (Wildman–Crippen LogP) is 3.71. The second-order valence-electron chi connectivity index (χ2n) is 8.76. The molecule has 2 aromatic heterocycles.